The van der Waals surface area contributed by atoms with E-state index in [-0.39, 0.29) is 47.8 Å². The van der Waals surface area contributed by atoms with Crippen molar-refractivity contribution in [2.24, 2.45) is 0 Å². The van der Waals surface area contributed by atoms with Crippen LogP contribution in [0.2, 0.25) is 0 Å². The van der Waals surface area contributed by atoms with E-state index in [0.717, 1.165) is 11.3 Å². The van der Waals surface area contributed by atoms with Crippen LogP contribution in [0.4, 0.5) is 21.0 Å². The molecule has 0 aliphatic rings. The van der Waals surface area contributed by atoms with Crippen LogP contribution in [0.25, 0.3) is 0 Å². The molecule has 0 unspecified atom stereocenters. The summed E-state index contributed by atoms with van der Waals surface area (Å²) in [5.41, 5.74) is 3.43. The van der Waals surface area contributed by atoms with Crippen molar-refractivity contribution in [3.8, 4) is 23.4 Å². The van der Waals surface area contributed by atoms with Crippen molar-refractivity contribution in [3.05, 3.63) is 90.4 Å². The smallest absolute Gasteiger partial charge is 0.322 e. The monoisotopic (exact) mass is 820 g/mol. The molecule has 4 amide bonds. The Labute approximate surface area is 360 Å². The largest absolute Gasteiger partial charge is 0.439 e. The lowest BCUT2D eigenvalue weighted by Gasteiger charge is -2.07. The SMILES string of the molecule is C.C.C.C.CC.CC.CC.CC.CC.CC.CC.CC.CNC(=O)Nc1ccc(Oc2ccc(C)cc2)nc1.CNC(=O)Nc1cnc(Oc2ccc(C)cc2)nc1. The minimum Gasteiger partial charge on any atom is -0.439 e. The Morgan fingerprint density at radius 3 is 1.05 bits per heavy atom. The average molecular weight is 820 g/mol. The van der Waals surface area contributed by atoms with Gasteiger partial charge in [0.15, 0.2) is 0 Å². The molecule has 0 spiro atoms. The molecule has 4 aromatic rings. The number of aromatic nitrogens is 3. The van der Waals surface area contributed by atoms with E-state index >= 15 is 0 Å². The Balaban J connectivity index is -0.0000000701. The second kappa shape index (κ2) is 61.0. The number of carbonyl (C=O) groups excluding carboxylic acids is 2. The van der Waals surface area contributed by atoms with E-state index in [9.17, 15) is 9.59 Å². The fourth-order valence-electron chi connectivity index (χ4n) is 2.77. The van der Waals surface area contributed by atoms with Gasteiger partial charge in [0, 0.05) is 20.2 Å². The first-order chi connectivity index (χ1) is 26.3. The first-order valence-corrected chi connectivity index (χ1v) is 19.6. The molecule has 58 heavy (non-hydrogen) atoms. The molecular weight excluding hydrogens is 727 g/mol. The van der Waals surface area contributed by atoms with E-state index in [1.54, 1.807) is 25.4 Å². The van der Waals surface area contributed by atoms with E-state index < -0.39 is 0 Å². The molecule has 0 bridgehead atoms. The molecule has 2 heterocycles. The fraction of sp³-hybridized carbons (Fsp3) is 0.511. The highest BCUT2D eigenvalue weighted by Gasteiger charge is 2.04. The lowest BCUT2D eigenvalue weighted by molar-refractivity contribution is 0.253. The minimum absolute atomic E-state index is 0. The number of hydrogen-bond acceptors (Lipinski definition) is 7. The van der Waals surface area contributed by atoms with Crippen molar-refractivity contribution in [2.75, 3.05) is 24.7 Å². The lowest BCUT2D eigenvalue weighted by Crippen LogP contribution is -2.24. The van der Waals surface area contributed by atoms with Crippen LogP contribution >= 0.6 is 0 Å². The topological polar surface area (TPSA) is 139 Å². The molecule has 11 nitrogen and oxygen atoms in total. The number of hydrogen-bond donors (Lipinski definition) is 4. The van der Waals surface area contributed by atoms with Gasteiger partial charge in [-0.1, -0.05) is 176 Å². The Bertz CT molecular complexity index is 1210. The predicted molar refractivity (Wildman–Crippen MR) is 263 cm³/mol. The quantitative estimate of drug-likeness (QED) is 0.152. The van der Waals surface area contributed by atoms with Gasteiger partial charge in [-0.05, 0) is 44.2 Å². The number of nitrogens with zero attached hydrogens (tertiary/aromatic N) is 3. The normalized spacial score (nSPS) is 7.24. The molecule has 0 saturated heterocycles. The molecule has 340 valence electrons. The zero-order chi connectivity index (χ0) is 43.3. The first kappa shape index (κ1) is 77.3. The second-order valence-electron chi connectivity index (χ2n) is 7.88. The van der Waals surface area contributed by atoms with Crippen molar-refractivity contribution >= 4 is 23.4 Å². The van der Waals surface area contributed by atoms with Gasteiger partial charge >= 0.3 is 18.1 Å². The molecular formula is C47H93N7O4. The van der Waals surface area contributed by atoms with Gasteiger partial charge in [-0.15, -0.1) is 0 Å². The fourth-order valence-corrected chi connectivity index (χ4v) is 2.77. The van der Waals surface area contributed by atoms with Crippen LogP contribution < -0.4 is 30.7 Å². The molecule has 0 atom stereocenters. The van der Waals surface area contributed by atoms with Crippen LogP contribution in [-0.2, 0) is 0 Å². The van der Waals surface area contributed by atoms with Crippen LogP contribution in [0, 0.1) is 13.8 Å². The highest BCUT2D eigenvalue weighted by molar-refractivity contribution is 5.89. The number of nitrogens with one attached hydrogen (secondary N) is 4. The molecule has 2 aromatic carbocycles. The second-order valence-corrected chi connectivity index (χ2v) is 7.88. The summed E-state index contributed by atoms with van der Waals surface area (Å²) in [6, 6.07) is 18.3. The molecule has 2 aromatic heterocycles. The molecule has 4 N–H and O–H groups in total. The highest BCUT2D eigenvalue weighted by atomic mass is 16.5. The Morgan fingerprint density at radius 1 is 0.431 bits per heavy atom. The molecule has 0 aliphatic heterocycles. The summed E-state index contributed by atoms with van der Waals surface area (Å²) in [6.07, 6.45) is 4.50. The maximum absolute atomic E-state index is 11.1. The van der Waals surface area contributed by atoms with E-state index in [2.05, 4.69) is 36.2 Å². The zero-order valence-electron chi connectivity index (χ0n) is 37.5. The number of rotatable bonds is 6. The van der Waals surface area contributed by atoms with Gasteiger partial charge in [0.05, 0.1) is 30.0 Å². The van der Waals surface area contributed by atoms with Crippen molar-refractivity contribution in [1.29, 1.82) is 0 Å². The Kier molecular flexibility index (Phi) is 81.4. The number of amides is 4. The molecule has 4 rings (SSSR count). The number of aryl methyl sites for hydroxylation is 2. The van der Waals surface area contributed by atoms with Gasteiger partial charge < -0.3 is 30.7 Å². The standard InChI is InChI=1S/C14H15N3O2.C13H14N4O2.8C2H6.4CH4/c1-10-3-6-12(7-4-10)19-13-8-5-11(9-16-13)17-14(18)15-2;1-9-3-5-11(6-4-9)19-13-15-7-10(8-16-13)17-12(18)14-2;8*1-2;;;;/h3-9H,1-2H3,(H2,15,17,18);3-8H,1-2H3,(H2,14,17,18);8*1-2H3;4*1H4. The van der Waals surface area contributed by atoms with Crippen LogP contribution in [0.1, 0.15) is 152 Å². The summed E-state index contributed by atoms with van der Waals surface area (Å²) >= 11 is 0. The molecule has 0 aliphatic carbocycles. The van der Waals surface area contributed by atoms with Gasteiger partial charge in [0.2, 0.25) is 5.88 Å². The third-order valence-corrected chi connectivity index (χ3v) is 4.81. The summed E-state index contributed by atoms with van der Waals surface area (Å²) in [7, 11) is 3.09. The van der Waals surface area contributed by atoms with Gasteiger partial charge in [-0.3, -0.25) is 0 Å². The van der Waals surface area contributed by atoms with Gasteiger partial charge in [-0.25, -0.2) is 24.5 Å². The Hall–Kier alpha value is -5.19. The summed E-state index contributed by atoms with van der Waals surface area (Å²) in [6.45, 7) is 36.0. The average Bonchev–Trinajstić information content (AvgIpc) is 3.27. The third kappa shape index (κ3) is 42.0. The number of anilines is 2. The summed E-state index contributed by atoms with van der Waals surface area (Å²) in [4.78, 5) is 34.3. The summed E-state index contributed by atoms with van der Waals surface area (Å²) in [5.74, 6) is 1.87. The molecule has 0 fully saturated rings. The number of pyridine rings is 1. The van der Waals surface area contributed by atoms with Gasteiger partial charge in [0.1, 0.15) is 11.5 Å². The van der Waals surface area contributed by atoms with Crippen molar-refractivity contribution in [3.63, 3.8) is 0 Å². The van der Waals surface area contributed by atoms with Crippen LogP contribution in [-0.4, -0.2) is 41.1 Å². The first-order valence-electron chi connectivity index (χ1n) is 19.6. The van der Waals surface area contributed by atoms with E-state index in [1.165, 1.54) is 25.0 Å². The minimum atomic E-state index is -0.323. The van der Waals surface area contributed by atoms with Crippen LogP contribution in [0.15, 0.2) is 79.3 Å². The van der Waals surface area contributed by atoms with Crippen molar-refractivity contribution in [1.82, 2.24) is 25.6 Å². The van der Waals surface area contributed by atoms with Crippen LogP contribution in [0.5, 0.6) is 23.4 Å². The highest BCUT2D eigenvalue weighted by Crippen LogP contribution is 2.21. The van der Waals surface area contributed by atoms with E-state index in [1.807, 2.05) is 173 Å². The number of carbonyl (C=O) groups is 2. The van der Waals surface area contributed by atoms with Crippen LogP contribution in [0.3, 0.4) is 0 Å². The third-order valence-electron chi connectivity index (χ3n) is 4.81. The van der Waals surface area contributed by atoms with Crippen molar-refractivity contribution < 1.29 is 19.1 Å². The van der Waals surface area contributed by atoms with E-state index in [4.69, 9.17) is 9.47 Å². The van der Waals surface area contributed by atoms with Gasteiger partial charge in [-0.2, -0.15) is 0 Å². The number of urea groups is 2. The zero-order valence-corrected chi connectivity index (χ0v) is 37.5. The Morgan fingerprint density at radius 2 is 0.741 bits per heavy atom. The lowest BCUT2D eigenvalue weighted by atomic mass is 10.2. The molecule has 0 radical (unpaired) electrons. The molecule has 11 heteroatoms. The van der Waals surface area contributed by atoms with Gasteiger partial charge in [0.25, 0.3) is 0 Å². The number of benzene rings is 2. The van der Waals surface area contributed by atoms with E-state index in [0.29, 0.717) is 23.0 Å². The summed E-state index contributed by atoms with van der Waals surface area (Å²) in [5, 5.41) is 10.1. The number of ether oxygens (including phenoxy) is 2. The summed E-state index contributed by atoms with van der Waals surface area (Å²) < 4.78 is 11.0. The van der Waals surface area contributed by atoms with Crippen molar-refractivity contribution in [2.45, 2.75) is 154 Å². The maximum Gasteiger partial charge on any atom is 0.322 e. The molecule has 0 saturated carbocycles. The predicted octanol–water partition coefficient (Wildman–Crippen LogP) is 16.0. The maximum atomic E-state index is 11.1.